The molecular weight excluding hydrogens is 377 g/mol. The van der Waals surface area contributed by atoms with Gasteiger partial charge in [0, 0.05) is 6.20 Å². The summed E-state index contributed by atoms with van der Waals surface area (Å²) in [6, 6.07) is 4.23. The predicted octanol–water partition coefficient (Wildman–Crippen LogP) is 4.09. The van der Waals surface area contributed by atoms with E-state index in [2.05, 4.69) is 26.2 Å². The van der Waals surface area contributed by atoms with E-state index in [-0.39, 0.29) is 27.6 Å². The Morgan fingerprint density at radius 2 is 2.23 bits per heavy atom. The molecule has 0 aliphatic heterocycles. The molecule has 2 aromatic heterocycles. The van der Waals surface area contributed by atoms with Crippen molar-refractivity contribution < 1.29 is 13.7 Å². The highest BCUT2D eigenvalue weighted by Crippen LogP contribution is 2.33. The average Bonchev–Trinajstić information content (AvgIpc) is 3.05. The molecular formula is C14H8BrClFN3O2. The van der Waals surface area contributed by atoms with Gasteiger partial charge in [-0.3, -0.25) is 4.79 Å². The fraction of sp³-hybridized carbons (Fsp3) is 0.0714. The first-order valence-corrected chi connectivity index (χ1v) is 7.31. The molecule has 5 nitrogen and oxygen atoms in total. The van der Waals surface area contributed by atoms with E-state index in [0.717, 1.165) is 4.68 Å². The first-order chi connectivity index (χ1) is 10.5. The Kier molecular flexibility index (Phi) is 3.84. The molecule has 0 aliphatic carbocycles. The Hall–Kier alpha value is -1.99. The van der Waals surface area contributed by atoms with Crippen LogP contribution in [-0.4, -0.2) is 20.8 Å². The van der Waals surface area contributed by atoms with Crippen LogP contribution in [0.1, 0.15) is 16.1 Å². The molecule has 22 heavy (non-hydrogen) atoms. The minimum absolute atomic E-state index is 0.0237. The van der Waals surface area contributed by atoms with E-state index in [4.69, 9.17) is 16.1 Å². The molecule has 3 rings (SSSR count). The monoisotopic (exact) mass is 383 g/mol. The third kappa shape index (κ3) is 2.46. The second-order valence-corrected chi connectivity index (χ2v) is 5.79. The smallest absolute Gasteiger partial charge is 0.284 e. The standard InChI is InChI=1S/C14H8BrClFN3O2/c1-7-11(14(21)20-6-8(15)5-18-20)13(19-22-7)12-9(16)3-2-4-10(12)17/h2-6H,1H3. The molecule has 0 saturated carbocycles. The van der Waals surface area contributed by atoms with E-state index in [0.29, 0.717) is 4.47 Å². The number of carbonyl (C=O) groups is 1. The number of aryl methyl sites for hydroxylation is 1. The summed E-state index contributed by atoms with van der Waals surface area (Å²) < 4.78 is 20.9. The quantitative estimate of drug-likeness (QED) is 0.668. The van der Waals surface area contributed by atoms with Crippen LogP contribution >= 0.6 is 27.5 Å². The second kappa shape index (κ2) is 5.66. The van der Waals surface area contributed by atoms with Crippen molar-refractivity contribution in [2.24, 2.45) is 0 Å². The lowest BCUT2D eigenvalue weighted by molar-refractivity contribution is 0.0944. The lowest BCUT2D eigenvalue weighted by Gasteiger charge is -2.05. The zero-order valence-corrected chi connectivity index (χ0v) is 13.5. The number of aromatic nitrogens is 3. The maximum Gasteiger partial charge on any atom is 0.284 e. The maximum absolute atomic E-state index is 14.1. The Labute approximate surface area is 137 Å². The highest BCUT2D eigenvalue weighted by Gasteiger charge is 2.26. The van der Waals surface area contributed by atoms with E-state index in [1.807, 2.05) is 0 Å². The number of hydrogen-bond acceptors (Lipinski definition) is 4. The molecule has 0 amide bonds. The predicted molar refractivity (Wildman–Crippen MR) is 81.3 cm³/mol. The van der Waals surface area contributed by atoms with Gasteiger partial charge >= 0.3 is 0 Å². The highest BCUT2D eigenvalue weighted by atomic mass is 79.9. The van der Waals surface area contributed by atoms with Crippen LogP contribution in [0.25, 0.3) is 11.3 Å². The van der Waals surface area contributed by atoms with Crippen molar-refractivity contribution in [1.29, 1.82) is 0 Å². The number of carbonyl (C=O) groups excluding carboxylic acids is 1. The fourth-order valence-corrected chi connectivity index (χ4v) is 2.58. The summed E-state index contributed by atoms with van der Waals surface area (Å²) in [7, 11) is 0. The molecule has 0 atom stereocenters. The van der Waals surface area contributed by atoms with Crippen molar-refractivity contribution in [3.63, 3.8) is 0 Å². The minimum Gasteiger partial charge on any atom is -0.360 e. The van der Waals surface area contributed by atoms with Crippen molar-refractivity contribution >= 4 is 33.4 Å². The second-order valence-electron chi connectivity index (χ2n) is 4.47. The molecule has 0 aliphatic rings. The topological polar surface area (TPSA) is 60.9 Å². The van der Waals surface area contributed by atoms with Gasteiger partial charge in [-0.2, -0.15) is 5.10 Å². The van der Waals surface area contributed by atoms with Crippen LogP contribution < -0.4 is 0 Å². The molecule has 0 fully saturated rings. The van der Waals surface area contributed by atoms with Gasteiger partial charge in [-0.25, -0.2) is 9.07 Å². The van der Waals surface area contributed by atoms with Crippen LogP contribution in [-0.2, 0) is 0 Å². The SMILES string of the molecule is Cc1onc(-c2c(F)cccc2Cl)c1C(=O)n1cc(Br)cn1. The zero-order valence-electron chi connectivity index (χ0n) is 11.2. The van der Waals surface area contributed by atoms with E-state index in [9.17, 15) is 9.18 Å². The molecule has 112 valence electrons. The van der Waals surface area contributed by atoms with Crippen LogP contribution in [0.3, 0.4) is 0 Å². The Morgan fingerprint density at radius 1 is 1.45 bits per heavy atom. The van der Waals surface area contributed by atoms with Crippen molar-refractivity contribution in [3.05, 3.63) is 57.2 Å². The molecule has 3 aromatic rings. The van der Waals surface area contributed by atoms with Gasteiger partial charge in [0.1, 0.15) is 22.8 Å². The van der Waals surface area contributed by atoms with Gasteiger partial charge in [0.25, 0.3) is 5.91 Å². The van der Waals surface area contributed by atoms with Crippen LogP contribution in [0.4, 0.5) is 4.39 Å². The van der Waals surface area contributed by atoms with Gasteiger partial charge in [-0.1, -0.05) is 22.8 Å². The van der Waals surface area contributed by atoms with Crippen LogP contribution in [0, 0.1) is 12.7 Å². The summed E-state index contributed by atoms with van der Waals surface area (Å²) in [4.78, 5) is 12.6. The molecule has 0 unspecified atom stereocenters. The van der Waals surface area contributed by atoms with Crippen molar-refractivity contribution in [1.82, 2.24) is 14.9 Å². The first kappa shape index (κ1) is 14.9. The molecule has 0 radical (unpaired) electrons. The Bertz CT molecular complexity index is 855. The maximum atomic E-state index is 14.1. The van der Waals surface area contributed by atoms with Crippen LogP contribution in [0.2, 0.25) is 5.02 Å². The summed E-state index contributed by atoms with van der Waals surface area (Å²) in [5.74, 6) is -0.818. The fourth-order valence-electron chi connectivity index (χ4n) is 2.05. The zero-order chi connectivity index (χ0) is 15.9. The summed E-state index contributed by atoms with van der Waals surface area (Å²) >= 11 is 9.25. The number of hydrogen-bond donors (Lipinski definition) is 0. The molecule has 2 heterocycles. The molecule has 0 spiro atoms. The Balaban J connectivity index is 2.18. The first-order valence-electron chi connectivity index (χ1n) is 6.14. The van der Waals surface area contributed by atoms with E-state index < -0.39 is 11.7 Å². The lowest BCUT2D eigenvalue weighted by Crippen LogP contribution is -2.14. The average molecular weight is 385 g/mol. The van der Waals surface area contributed by atoms with Crippen LogP contribution in [0.5, 0.6) is 0 Å². The Morgan fingerprint density at radius 3 is 2.86 bits per heavy atom. The van der Waals surface area contributed by atoms with Gasteiger partial charge in [0.2, 0.25) is 0 Å². The summed E-state index contributed by atoms with van der Waals surface area (Å²) in [5, 5.41) is 7.85. The molecule has 1 aromatic carbocycles. The number of halogens is 3. The van der Waals surface area contributed by atoms with E-state index in [1.165, 1.54) is 30.6 Å². The molecule has 8 heteroatoms. The third-order valence-corrected chi connectivity index (χ3v) is 3.76. The lowest BCUT2D eigenvalue weighted by atomic mass is 10.1. The van der Waals surface area contributed by atoms with Crippen molar-refractivity contribution in [2.45, 2.75) is 6.92 Å². The number of benzene rings is 1. The molecule has 0 bridgehead atoms. The van der Waals surface area contributed by atoms with Gasteiger partial charge in [0.05, 0.1) is 21.3 Å². The van der Waals surface area contributed by atoms with Gasteiger partial charge in [-0.05, 0) is 35.0 Å². The van der Waals surface area contributed by atoms with Crippen LogP contribution in [0.15, 0.2) is 39.6 Å². The van der Waals surface area contributed by atoms with Crippen molar-refractivity contribution in [3.8, 4) is 11.3 Å². The summed E-state index contributed by atoms with van der Waals surface area (Å²) in [5.41, 5.74) is 0.190. The highest BCUT2D eigenvalue weighted by molar-refractivity contribution is 9.10. The number of nitrogens with zero attached hydrogens (tertiary/aromatic N) is 3. The molecule has 0 N–H and O–H groups in total. The number of rotatable bonds is 2. The van der Waals surface area contributed by atoms with E-state index in [1.54, 1.807) is 6.92 Å². The summed E-state index contributed by atoms with van der Waals surface area (Å²) in [6.45, 7) is 1.57. The normalized spacial score (nSPS) is 10.9. The van der Waals surface area contributed by atoms with Gasteiger partial charge in [0.15, 0.2) is 0 Å². The summed E-state index contributed by atoms with van der Waals surface area (Å²) in [6.07, 6.45) is 2.96. The third-order valence-electron chi connectivity index (χ3n) is 3.04. The molecule has 0 saturated heterocycles. The van der Waals surface area contributed by atoms with Gasteiger partial charge in [-0.15, -0.1) is 0 Å². The van der Waals surface area contributed by atoms with E-state index >= 15 is 0 Å². The largest absolute Gasteiger partial charge is 0.360 e. The van der Waals surface area contributed by atoms with Crippen molar-refractivity contribution in [2.75, 3.05) is 0 Å². The minimum atomic E-state index is -0.587. The van der Waals surface area contributed by atoms with Gasteiger partial charge < -0.3 is 4.52 Å².